The van der Waals surface area contributed by atoms with Crippen molar-refractivity contribution >= 4 is 43.8 Å². The lowest BCUT2D eigenvalue weighted by Gasteiger charge is -2.40. The normalized spacial score (nSPS) is 12.7. The molecule has 13 heteroatoms. The fourth-order valence-corrected chi connectivity index (χ4v) is 2.09. The minimum Gasteiger partial charge on any atom is -0.828 e. The van der Waals surface area contributed by atoms with E-state index in [9.17, 15) is 41.0 Å². The van der Waals surface area contributed by atoms with E-state index in [1.54, 1.807) is 0 Å². The number of benzene rings is 1. The smallest absolute Gasteiger partial charge is 0.399 e. The van der Waals surface area contributed by atoms with E-state index >= 15 is 0 Å². The number of hydrogen-bond donors (Lipinski definition) is 0. The molecule has 1 rings (SSSR count). The van der Waals surface area contributed by atoms with Crippen LogP contribution in [0.25, 0.3) is 0 Å². The van der Waals surface area contributed by atoms with Gasteiger partial charge in [0.15, 0.2) is 5.60 Å². The highest BCUT2D eigenvalue weighted by Crippen LogP contribution is 2.41. The SMILES string of the molecule is O=C(OCCOC(=O)C([O-])(C(F)(F)F)C(F)(F)F)c1ccc(Br)c(Br)c1. The van der Waals surface area contributed by atoms with Crippen molar-refractivity contribution in [2.75, 3.05) is 13.2 Å². The maximum atomic E-state index is 12.4. The predicted molar refractivity (Wildman–Crippen MR) is 77.9 cm³/mol. The van der Waals surface area contributed by atoms with E-state index in [2.05, 4.69) is 41.3 Å². The molecule has 0 heterocycles. The Hall–Kier alpha value is -1.34. The monoisotopic (exact) mass is 515 g/mol. The highest BCUT2D eigenvalue weighted by Gasteiger charge is 2.68. The topological polar surface area (TPSA) is 75.7 Å². The third-order valence-corrected chi connectivity index (χ3v) is 4.67. The van der Waals surface area contributed by atoms with Gasteiger partial charge < -0.3 is 14.6 Å². The second kappa shape index (κ2) is 8.13. The molecule has 0 saturated carbocycles. The molecule has 0 spiro atoms. The van der Waals surface area contributed by atoms with Gasteiger partial charge in [0.05, 0.1) is 5.56 Å². The number of alkyl halides is 6. The molecule has 0 aliphatic heterocycles. The van der Waals surface area contributed by atoms with Gasteiger partial charge in [0, 0.05) is 8.95 Å². The number of hydrogen-bond acceptors (Lipinski definition) is 5. The lowest BCUT2D eigenvalue weighted by Crippen LogP contribution is -2.71. The zero-order chi connectivity index (χ0) is 20.3. The second-order valence-electron chi connectivity index (χ2n) is 4.58. The summed E-state index contributed by atoms with van der Waals surface area (Å²) >= 11 is 6.24. The zero-order valence-corrected chi connectivity index (χ0v) is 15.4. The molecule has 5 nitrogen and oxygen atoms in total. The first kappa shape index (κ1) is 22.7. The minimum atomic E-state index is -6.46. The first-order chi connectivity index (χ1) is 11.7. The van der Waals surface area contributed by atoms with Gasteiger partial charge in [-0.1, -0.05) is 0 Å². The number of ether oxygens (including phenoxy) is 2. The Labute approximate surface area is 158 Å². The molecule has 0 atom stereocenters. The van der Waals surface area contributed by atoms with Gasteiger partial charge in [0.2, 0.25) is 0 Å². The summed E-state index contributed by atoms with van der Waals surface area (Å²) in [4.78, 5) is 22.7. The summed E-state index contributed by atoms with van der Waals surface area (Å²) in [6, 6.07) is 4.12. The molecule has 0 N–H and O–H groups in total. The van der Waals surface area contributed by atoms with Crippen molar-refractivity contribution in [3.8, 4) is 0 Å². The van der Waals surface area contributed by atoms with Crippen LogP contribution < -0.4 is 5.11 Å². The third kappa shape index (κ3) is 4.88. The average molecular weight is 517 g/mol. The van der Waals surface area contributed by atoms with E-state index in [0.29, 0.717) is 8.95 Å². The summed E-state index contributed by atoms with van der Waals surface area (Å²) in [6.07, 6.45) is -12.9. The molecule has 146 valence electrons. The molecule has 0 fully saturated rings. The molecule has 0 unspecified atom stereocenters. The van der Waals surface area contributed by atoms with Crippen molar-refractivity contribution in [3.05, 3.63) is 32.7 Å². The Morgan fingerprint density at radius 1 is 0.923 bits per heavy atom. The van der Waals surface area contributed by atoms with Gasteiger partial charge in [-0.3, -0.25) is 4.79 Å². The Bertz CT molecular complexity index is 675. The number of carbonyl (C=O) groups excluding carboxylic acids is 2. The van der Waals surface area contributed by atoms with Gasteiger partial charge in [0.25, 0.3) is 0 Å². The number of halogens is 8. The van der Waals surface area contributed by atoms with Crippen molar-refractivity contribution in [2.45, 2.75) is 18.0 Å². The van der Waals surface area contributed by atoms with Crippen LogP contribution in [0.15, 0.2) is 27.1 Å². The molecular weight excluding hydrogens is 510 g/mol. The Balaban J connectivity index is 2.65. The van der Waals surface area contributed by atoms with Crippen molar-refractivity contribution < 1.29 is 50.5 Å². The van der Waals surface area contributed by atoms with Gasteiger partial charge in [0.1, 0.15) is 13.2 Å². The van der Waals surface area contributed by atoms with E-state index in [1.807, 2.05) is 0 Å². The van der Waals surface area contributed by atoms with Crippen molar-refractivity contribution in [1.29, 1.82) is 0 Å². The lowest BCUT2D eigenvalue weighted by atomic mass is 10.0. The Morgan fingerprint density at radius 3 is 1.88 bits per heavy atom. The van der Waals surface area contributed by atoms with E-state index < -0.39 is 43.1 Å². The average Bonchev–Trinajstić information content (AvgIpc) is 2.50. The standard InChI is InChI=1S/C13H7Br2F6O5/c14-7-2-1-6(5-8(7)15)9(22)25-3-4-26-10(23)11(24,12(16,17)18)13(19,20)21/h1-2,5H,3-4H2/q-1. The van der Waals surface area contributed by atoms with Crippen molar-refractivity contribution in [1.82, 2.24) is 0 Å². The first-order valence-electron chi connectivity index (χ1n) is 6.35. The van der Waals surface area contributed by atoms with Crippen LogP contribution in [0.1, 0.15) is 10.4 Å². The molecule has 0 saturated heterocycles. The highest BCUT2D eigenvalue weighted by molar-refractivity contribution is 9.13. The van der Waals surface area contributed by atoms with Crippen LogP contribution in [0.3, 0.4) is 0 Å². The van der Waals surface area contributed by atoms with Crippen molar-refractivity contribution in [3.63, 3.8) is 0 Å². The van der Waals surface area contributed by atoms with Crippen LogP contribution in [0.2, 0.25) is 0 Å². The van der Waals surface area contributed by atoms with Gasteiger partial charge in [-0.05, 0) is 50.1 Å². The lowest BCUT2D eigenvalue weighted by molar-refractivity contribution is -0.574. The summed E-state index contributed by atoms with van der Waals surface area (Å²) < 4.78 is 83.4. The molecule has 1 aromatic carbocycles. The summed E-state index contributed by atoms with van der Waals surface area (Å²) in [5, 5.41) is 11.0. The van der Waals surface area contributed by atoms with Crippen LogP contribution in [0.5, 0.6) is 0 Å². The van der Waals surface area contributed by atoms with E-state index in [0.717, 1.165) is 0 Å². The predicted octanol–water partition coefficient (Wildman–Crippen LogP) is 3.14. The van der Waals surface area contributed by atoms with Gasteiger partial charge in [-0.2, -0.15) is 26.3 Å². The maximum absolute atomic E-state index is 12.4. The van der Waals surface area contributed by atoms with Gasteiger partial charge >= 0.3 is 24.3 Å². The third-order valence-electron chi connectivity index (χ3n) is 2.79. The minimum absolute atomic E-state index is 0.00940. The van der Waals surface area contributed by atoms with Crippen LogP contribution in [0, 0.1) is 0 Å². The van der Waals surface area contributed by atoms with E-state index in [-0.39, 0.29) is 5.56 Å². The summed E-state index contributed by atoms with van der Waals surface area (Å²) in [5.74, 6) is -4.06. The van der Waals surface area contributed by atoms with Gasteiger partial charge in [-0.25, -0.2) is 4.79 Å². The number of rotatable bonds is 5. The molecule has 0 aliphatic rings. The molecule has 26 heavy (non-hydrogen) atoms. The second-order valence-corrected chi connectivity index (χ2v) is 6.29. The largest absolute Gasteiger partial charge is 0.828 e. The molecule has 0 aromatic heterocycles. The zero-order valence-electron chi connectivity index (χ0n) is 12.2. The van der Waals surface area contributed by atoms with E-state index in [1.165, 1.54) is 18.2 Å². The summed E-state index contributed by atoms with van der Waals surface area (Å²) in [6.45, 7) is -2.03. The van der Waals surface area contributed by atoms with Crippen LogP contribution in [0.4, 0.5) is 26.3 Å². The van der Waals surface area contributed by atoms with Crippen LogP contribution in [-0.2, 0) is 14.3 Å². The Morgan fingerprint density at radius 2 is 1.42 bits per heavy atom. The fraction of sp³-hybridized carbons (Fsp3) is 0.385. The number of esters is 2. The summed E-state index contributed by atoms with van der Waals surface area (Å²) in [7, 11) is 0. The molecule has 0 bridgehead atoms. The molecular formula is C13H7Br2F6O5-. The molecule has 0 radical (unpaired) electrons. The first-order valence-corrected chi connectivity index (χ1v) is 7.93. The van der Waals surface area contributed by atoms with Crippen LogP contribution in [-0.4, -0.2) is 43.1 Å². The Kier molecular flexibility index (Phi) is 7.10. The molecule has 0 amide bonds. The molecule has 1 aromatic rings. The summed E-state index contributed by atoms with van der Waals surface area (Å²) in [5.41, 5.74) is -5.92. The number of carbonyl (C=O) groups is 2. The molecule has 0 aliphatic carbocycles. The fourth-order valence-electron chi connectivity index (χ4n) is 1.47. The quantitative estimate of drug-likeness (QED) is 0.341. The van der Waals surface area contributed by atoms with Crippen LogP contribution >= 0.6 is 31.9 Å². The maximum Gasteiger partial charge on any atom is 0.399 e. The van der Waals surface area contributed by atoms with Gasteiger partial charge in [-0.15, -0.1) is 0 Å². The van der Waals surface area contributed by atoms with Crippen molar-refractivity contribution in [2.24, 2.45) is 0 Å². The highest BCUT2D eigenvalue weighted by atomic mass is 79.9. The van der Waals surface area contributed by atoms with E-state index in [4.69, 9.17) is 0 Å².